The third-order valence-corrected chi connectivity index (χ3v) is 4.80. The van der Waals surface area contributed by atoms with Gasteiger partial charge in [-0.15, -0.1) is 5.10 Å². The van der Waals surface area contributed by atoms with E-state index < -0.39 is 0 Å². The highest BCUT2D eigenvalue weighted by Gasteiger charge is 2.23. The molecule has 0 N–H and O–H groups in total. The zero-order valence-electron chi connectivity index (χ0n) is 13.6. The molecule has 1 aliphatic rings. The fourth-order valence-corrected chi connectivity index (χ4v) is 3.23. The Morgan fingerprint density at radius 1 is 1.17 bits per heavy atom. The summed E-state index contributed by atoms with van der Waals surface area (Å²) in [4.78, 5) is 16.5. The monoisotopic (exact) mass is 330 g/mol. The minimum Gasteiger partial charge on any atom is -0.335 e. The molecule has 122 valence electrons. The Labute approximate surface area is 141 Å². The van der Waals surface area contributed by atoms with E-state index in [4.69, 9.17) is 0 Å². The first-order valence-corrected chi connectivity index (χ1v) is 8.84. The largest absolute Gasteiger partial charge is 0.335 e. The molecule has 1 amide bonds. The minimum atomic E-state index is -0.000290. The molecular formula is C17H22N4OS. The predicted octanol–water partition coefficient (Wildman–Crippen LogP) is 2.62. The van der Waals surface area contributed by atoms with Gasteiger partial charge in [-0.3, -0.25) is 9.69 Å². The lowest BCUT2D eigenvalue weighted by Gasteiger charge is -2.34. The average Bonchev–Trinajstić information content (AvgIpc) is 3.10. The van der Waals surface area contributed by atoms with Crippen LogP contribution in [0.25, 0.3) is 0 Å². The van der Waals surface area contributed by atoms with E-state index in [1.165, 1.54) is 22.7 Å². The number of carbonyl (C=O) groups is 1. The van der Waals surface area contributed by atoms with Crippen molar-refractivity contribution in [3.05, 3.63) is 46.5 Å². The van der Waals surface area contributed by atoms with Crippen molar-refractivity contribution in [1.29, 1.82) is 0 Å². The van der Waals surface area contributed by atoms with Crippen molar-refractivity contribution >= 4 is 17.4 Å². The van der Waals surface area contributed by atoms with Crippen molar-refractivity contribution in [3.8, 4) is 0 Å². The Kier molecular flexibility index (Phi) is 5.03. The number of nitrogens with zero attached hydrogens (tertiary/aromatic N) is 4. The van der Waals surface area contributed by atoms with Crippen molar-refractivity contribution in [2.45, 2.75) is 26.3 Å². The van der Waals surface area contributed by atoms with Crippen LogP contribution in [0.3, 0.4) is 0 Å². The zero-order chi connectivity index (χ0) is 16.2. The molecule has 1 aromatic heterocycles. The lowest BCUT2D eigenvalue weighted by atomic mass is 10.0. The molecule has 23 heavy (non-hydrogen) atoms. The summed E-state index contributed by atoms with van der Waals surface area (Å²) in [7, 11) is 0. The molecule has 0 atom stereocenters. The molecule has 0 bridgehead atoms. The highest BCUT2D eigenvalue weighted by molar-refractivity contribution is 7.03. The van der Waals surface area contributed by atoms with E-state index in [0.717, 1.165) is 32.7 Å². The van der Waals surface area contributed by atoms with Crippen LogP contribution in [-0.2, 0) is 6.54 Å². The van der Waals surface area contributed by atoms with Crippen LogP contribution in [0.2, 0.25) is 0 Å². The average molecular weight is 330 g/mol. The van der Waals surface area contributed by atoms with E-state index >= 15 is 0 Å². The SMILES string of the molecule is CC(C)c1ccc(CN2CCN(C(=O)c3csnn3)CC2)cc1. The molecule has 1 saturated heterocycles. The van der Waals surface area contributed by atoms with Crippen LogP contribution in [-0.4, -0.2) is 51.5 Å². The lowest BCUT2D eigenvalue weighted by molar-refractivity contribution is 0.0622. The van der Waals surface area contributed by atoms with Gasteiger partial charge in [0.25, 0.3) is 5.91 Å². The number of hydrogen-bond donors (Lipinski definition) is 0. The number of rotatable bonds is 4. The van der Waals surface area contributed by atoms with Crippen molar-refractivity contribution in [1.82, 2.24) is 19.4 Å². The van der Waals surface area contributed by atoms with Gasteiger partial charge in [0.2, 0.25) is 0 Å². The smallest absolute Gasteiger partial charge is 0.275 e. The summed E-state index contributed by atoms with van der Waals surface area (Å²) >= 11 is 1.22. The van der Waals surface area contributed by atoms with Gasteiger partial charge >= 0.3 is 0 Å². The van der Waals surface area contributed by atoms with Crippen molar-refractivity contribution in [2.24, 2.45) is 0 Å². The second-order valence-electron chi connectivity index (χ2n) is 6.25. The van der Waals surface area contributed by atoms with Crippen LogP contribution < -0.4 is 0 Å². The molecule has 3 rings (SSSR count). The first-order chi connectivity index (χ1) is 11.1. The molecule has 2 heterocycles. The number of piperazine rings is 1. The van der Waals surface area contributed by atoms with Gasteiger partial charge < -0.3 is 4.90 Å². The summed E-state index contributed by atoms with van der Waals surface area (Å²) in [5, 5.41) is 5.58. The first kappa shape index (κ1) is 16.1. The summed E-state index contributed by atoms with van der Waals surface area (Å²) < 4.78 is 3.76. The van der Waals surface area contributed by atoms with Crippen LogP contribution in [0.15, 0.2) is 29.6 Å². The molecule has 0 aliphatic carbocycles. The van der Waals surface area contributed by atoms with E-state index in [1.807, 2.05) is 4.90 Å². The van der Waals surface area contributed by atoms with Gasteiger partial charge in [0.15, 0.2) is 5.69 Å². The van der Waals surface area contributed by atoms with Gasteiger partial charge in [-0.2, -0.15) is 0 Å². The maximum absolute atomic E-state index is 12.2. The Bertz CT molecular complexity index is 631. The van der Waals surface area contributed by atoms with E-state index in [2.05, 4.69) is 52.6 Å². The Morgan fingerprint density at radius 2 is 1.87 bits per heavy atom. The van der Waals surface area contributed by atoms with Gasteiger partial charge in [0, 0.05) is 38.1 Å². The molecule has 1 aromatic carbocycles. The number of amides is 1. The summed E-state index contributed by atoms with van der Waals surface area (Å²) in [5.74, 6) is 0.568. The highest BCUT2D eigenvalue weighted by Crippen LogP contribution is 2.16. The second-order valence-corrected chi connectivity index (χ2v) is 6.86. The zero-order valence-corrected chi connectivity index (χ0v) is 14.4. The maximum Gasteiger partial charge on any atom is 0.275 e. The molecule has 0 unspecified atom stereocenters. The van der Waals surface area contributed by atoms with E-state index in [9.17, 15) is 4.79 Å². The molecule has 1 fully saturated rings. The Hall–Kier alpha value is -1.79. The number of benzene rings is 1. The van der Waals surface area contributed by atoms with E-state index in [0.29, 0.717) is 11.6 Å². The summed E-state index contributed by atoms with van der Waals surface area (Å²) in [5.41, 5.74) is 3.17. The topological polar surface area (TPSA) is 49.3 Å². The van der Waals surface area contributed by atoms with Crippen LogP contribution in [0.5, 0.6) is 0 Å². The van der Waals surface area contributed by atoms with E-state index in [1.54, 1.807) is 5.38 Å². The first-order valence-electron chi connectivity index (χ1n) is 8.01. The van der Waals surface area contributed by atoms with Gasteiger partial charge in [0.05, 0.1) is 0 Å². The van der Waals surface area contributed by atoms with Crippen LogP contribution >= 0.6 is 11.5 Å². The van der Waals surface area contributed by atoms with Gasteiger partial charge in [-0.05, 0) is 28.6 Å². The molecule has 2 aromatic rings. The molecule has 0 saturated carbocycles. The lowest BCUT2D eigenvalue weighted by Crippen LogP contribution is -2.48. The Balaban J connectivity index is 1.52. The van der Waals surface area contributed by atoms with E-state index in [-0.39, 0.29) is 5.91 Å². The maximum atomic E-state index is 12.2. The molecule has 0 spiro atoms. The molecule has 6 heteroatoms. The summed E-state index contributed by atoms with van der Waals surface area (Å²) in [6, 6.07) is 8.87. The summed E-state index contributed by atoms with van der Waals surface area (Å²) in [6.45, 7) is 8.66. The number of hydrogen-bond acceptors (Lipinski definition) is 5. The van der Waals surface area contributed by atoms with Crippen LogP contribution in [0.4, 0.5) is 0 Å². The van der Waals surface area contributed by atoms with Crippen molar-refractivity contribution in [3.63, 3.8) is 0 Å². The fourth-order valence-electron chi connectivity index (χ4n) is 2.80. The minimum absolute atomic E-state index is 0.000290. The third kappa shape index (κ3) is 3.95. The predicted molar refractivity (Wildman–Crippen MR) is 91.6 cm³/mol. The third-order valence-electron chi connectivity index (χ3n) is 4.29. The standard InChI is InChI=1S/C17H22N4OS/c1-13(2)15-5-3-14(4-6-15)11-20-7-9-21(10-8-20)17(22)16-12-23-19-18-16/h3-6,12-13H,7-11H2,1-2H3. The molecule has 1 aliphatic heterocycles. The van der Waals surface area contributed by atoms with Crippen molar-refractivity contribution < 1.29 is 4.79 Å². The molecule has 0 radical (unpaired) electrons. The van der Waals surface area contributed by atoms with Gasteiger partial charge in [-0.25, -0.2) is 0 Å². The molecular weight excluding hydrogens is 308 g/mol. The number of carbonyl (C=O) groups excluding carboxylic acids is 1. The molecule has 5 nitrogen and oxygen atoms in total. The second kappa shape index (κ2) is 7.19. The Morgan fingerprint density at radius 3 is 2.43 bits per heavy atom. The fraction of sp³-hybridized carbons (Fsp3) is 0.471. The van der Waals surface area contributed by atoms with Crippen LogP contribution in [0, 0.1) is 0 Å². The van der Waals surface area contributed by atoms with Crippen molar-refractivity contribution in [2.75, 3.05) is 26.2 Å². The van der Waals surface area contributed by atoms with Crippen LogP contribution in [0.1, 0.15) is 41.4 Å². The summed E-state index contributed by atoms with van der Waals surface area (Å²) in [6.07, 6.45) is 0. The van der Waals surface area contributed by atoms with Gasteiger partial charge in [-0.1, -0.05) is 42.6 Å². The highest BCUT2D eigenvalue weighted by atomic mass is 32.1. The quantitative estimate of drug-likeness (QED) is 0.865. The normalized spacial score (nSPS) is 16.0. The number of aromatic nitrogens is 2. The van der Waals surface area contributed by atoms with Gasteiger partial charge in [0.1, 0.15) is 0 Å².